The van der Waals surface area contributed by atoms with E-state index in [1.807, 2.05) is 30.3 Å². The number of furan rings is 1. The zero-order chi connectivity index (χ0) is 13.5. The normalized spacial score (nSPS) is 9.68. The van der Waals surface area contributed by atoms with Gasteiger partial charge in [0.1, 0.15) is 12.9 Å². The highest BCUT2D eigenvalue weighted by Gasteiger charge is 2.08. The first kappa shape index (κ1) is 12.7. The van der Waals surface area contributed by atoms with Gasteiger partial charge in [0.25, 0.3) is 5.91 Å². The van der Waals surface area contributed by atoms with Crippen LogP contribution in [-0.4, -0.2) is 12.0 Å². The molecule has 2 N–H and O–H groups in total. The number of benzene rings is 1. The highest BCUT2D eigenvalue weighted by molar-refractivity contribution is 5.94. The number of ether oxygens (including phenoxy) is 1. The highest BCUT2D eigenvalue weighted by Crippen LogP contribution is 2.00. The van der Waals surface area contributed by atoms with Crippen LogP contribution in [0.4, 0.5) is 4.79 Å². The van der Waals surface area contributed by atoms with Crippen LogP contribution < -0.4 is 10.9 Å². The summed E-state index contributed by atoms with van der Waals surface area (Å²) in [5, 5.41) is 0. The average molecular weight is 260 g/mol. The molecule has 2 amide bonds. The summed E-state index contributed by atoms with van der Waals surface area (Å²) >= 11 is 0. The van der Waals surface area contributed by atoms with E-state index in [4.69, 9.17) is 9.15 Å². The van der Waals surface area contributed by atoms with Crippen LogP contribution in [0.5, 0.6) is 0 Å². The van der Waals surface area contributed by atoms with Crippen LogP contribution in [0.2, 0.25) is 0 Å². The number of carbonyl (C=O) groups is 2. The van der Waals surface area contributed by atoms with Crippen molar-refractivity contribution in [2.24, 2.45) is 0 Å². The Morgan fingerprint density at radius 2 is 1.89 bits per heavy atom. The fourth-order valence-corrected chi connectivity index (χ4v) is 1.33. The molecule has 0 saturated carbocycles. The van der Waals surface area contributed by atoms with Crippen molar-refractivity contribution < 1.29 is 18.7 Å². The molecule has 1 aromatic carbocycles. The van der Waals surface area contributed by atoms with Gasteiger partial charge in [0.15, 0.2) is 0 Å². The van der Waals surface area contributed by atoms with Gasteiger partial charge in [-0.25, -0.2) is 10.2 Å². The molecule has 0 unspecified atom stereocenters. The Hall–Kier alpha value is -2.76. The van der Waals surface area contributed by atoms with Gasteiger partial charge < -0.3 is 9.15 Å². The maximum Gasteiger partial charge on any atom is 0.426 e. The summed E-state index contributed by atoms with van der Waals surface area (Å²) in [5.41, 5.74) is 5.50. The Morgan fingerprint density at radius 3 is 2.58 bits per heavy atom. The summed E-state index contributed by atoms with van der Waals surface area (Å²) in [6.07, 6.45) is 1.90. The van der Waals surface area contributed by atoms with Gasteiger partial charge in [-0.3, -0.25) is 10.2 Å². The Morgan fingerprint density at radius 1 is 1.11 bits per heavy atom. The van der Waals surface area contributed by atoms with Gasteiger partial charge in [-0.15, -0.1) is 0 Å². The van der Waals surface area contributed by atoms with E-state index in [0.29, 0.717) is 5.56 Å². The molecule has 0 atom stereocenters. The van der Waals surface area contributed by atoms with Gasteiger partial charge in [0.2, 0.25) is 0 Å². The lowest BCUT2D eigenvalue weighted by Gasteiger charge is -2.07. The third kappa shape index (κ3) is 3.88. The number of hydrogen-bond donors (Lipinski definition) is 2. The Kier molecular flexibility index (Phi) is 4.17. The summed E-state index contributed by atoms with van der Waals surface area (Å²) in [4.78, 5) is 22.8. The molecule has 0 bridgehead atoms. The largest absolute Gasteiger partial charge is 0.472 e. The minimum atomic E-state index is -0.735. The monoisotopic (exact) mass is 260 g/mol. The Balaban J connectivity index is 1.72. The number of nitrogens with one attached hydrogen (secondary N) is 2. The van der Waals surface area contributed by atoms with Gasteiger partial charge in [-0.2, -0.15) is 0 Å². The van der Waals surface area contributed by atoms with Crippen LogP contribution in [-0.2, 0) is 11.3 Å². The Bertz CT molecular complexity index is 537. The zero-order valence-electron chi connectivity index (χ0n) is 9.96. The predicted molar refractivity (Wildman–Crippen MR) is 65.9 cm³/mol. The maximum atomic E-state index is 11.4. The first-order chi connectivity index (χ1) is 9.25. The third-order valence-corrected chi connectivity index (χ3v) is 2.27. The second kappa shape index (κ2) is 6.25. The molecule has 0 saturated heterocycles. The summed E-state index contributed by atoms with van der Waals surface area (Å²) < 4.78 is 9.65. The van der Waals surface area contributed by atoms with Crippen molar-refractivity contribution >= 4 is 12.0 Å². The number of rotatable bonds is 3. The molecule has 0 aliphatic carbocycles. The fourth-order valence-electron chi connectivity index (χ4n) is 1.33. The lowest BCUT2D eigenvalue weighted by Crippen LogP contribution is -2.41. The van der Waals surface area contributed by atoms with E-state index in [1.165, 1.54) is 18.6 Å². The van der Waals surface area contributed by atoms with Gasteiger partial charge in [-0.1, -0.05) is 30.3 Å². The second-order valence-corrected chi connectivity index (χ2v) is 3.65. The van der Waals surface area contributed by atoms with E-state index in [2.05, 4.69) is 10.9 Å². The van der Waals surface area contributed by atoms with Crippen molar-refractivity contribution in [3.05, 3.63) is 60.1 Å². The average Bonchev–Trinajstić information content (AvgIpc) is 2.98. The third-order valence-electron chi connectivity index (χ3n) is 2.27. The molecular weight excluding hydrogens is 248 g/mol. The van der Waals surface area contributed by atoms with Gasteiger partial charge in [-0.05, 0) is 11.6 Å². The fraction of sp³-hybridized carbons (Fsp3) is 0.0769. The van der Waals surface area contributed by atoms with Crippen LogP contribution in [0.15, 0.2) is 53.3 Å². The Labute approximate surface area is 109 Å². The molecule has 0 fully saturated rings. The zero-order valence-corrected chi connectivity index (χ0v) is 9.96. The van der Waals surface area contributed by atoms with Gasteiger partial charge in [0.05, 0.1) is 11.8 Å². The topological polar surface area (TPSA) is 80.6 Å². The van der Waals surface area contributed by atoms with Crippen LogP contribution in [0.3, 0.4) is 0 Å². The smallest absolute Gasteiger partial charge is 0.426 e. The van der Waals surface area contributed by atoms with Crippen molar-refractivity contribution in [1.82, 2.24) is 10.9 Å². The first-order valence-corrected chi connectivity index (χ1v) is 5.55. The molecule has 19 heavy (non-hydrogen) atoms. The van der Waals surface area contributed by atoms with Crippen LogP contribution >= 0.6 is 0 Å². The van der Waals surface area contributed by atoms with Crippen molar-refractivity contribution in [2.45, 2.75) is 6.61 Å². The van der Waals surface area contributed by atoms with E-state index in [-0.39, 0.29) is 6.61 Å². The van der Waals surface area contributed by atoms with Crippen LogP contribution in [0, 0.1) is 0 Å². The molecule has 0 spiro atoms. The predicted octanol–water partition coefficient (Wildman–Crippen LogP) is 1.85. The number of carbonyl (C=O) groups excluding carboxylic acids is 2. The molecular formula is C13H12N2O4. The van der Waals surface area contributed by atoms with Gasteiger partial charge in [0, 0.05) is 0 Å². The molecule has 6 nitrogen and oxygen atoms in total. The van der Waals surface area contributed by atoms with E-state index in [9.17, 15) is 9.59 Å². The van der Waals surface area contributed by atoms with Crippen LogP contribution in [0.1, 0.15) is 15.9 Å². The minimum Gasteiger partial charge on any atom is -0.472 e. The number of hydrazine groups is 1. The molecule has 0 aliphatic rings. The summed E-state index contributed by atoms with van der Waals surface area (Å²) in [6, 6.07) is 10.7. The van der Waals surface area contributed by atoms with Crippen molar-refractivity contribution in [2.75, 3.05) is 0 Å². The van der Waals surface area contributed by atoms with Crippen molar-refractivity contribution in [3.63, 3.8) is 0 Å². The van der Waals surface area contributed by atoms with E-state index in [0.717, 1.165) is 5.56 Å². The molecule has 1 heterocycles. The van der Waals surface area contributed by atoms with Crippen LogP contribution in [0.25, 0.3) is 0 Å². The molecule has 6 heteroatoms. The maximum absolute atomic E-state index is 11.4. The highest BCUT2D eigenvalue weighted by atomic mass is 16.6. The summed E-state index contributed by atoms with van der Waals surface area (Å²) in [5.74, 6) is -0.481. The SMILES string of the molecule is O=C(NNC(=O)c1ccoc1)OCc1ccccc1. The van der Waals surface area contributed by atoms with Crippen molar-refractivity contribution in [3.8, 4) is 0 Å². The lowest BCUT2D eigenvalue weighted by atomic mass is 10.2. The van der Waals surface area contributed by atoms with E-state index >= 15 is 0 Å². The molecule has 1 aromatic heterocycles. The molecule has 0 radical (unpaired) electrons. The van der Waals surface area contributed by atoms with E-state index < -0.39 is 12.0 Å². The second-order valence-electron chi connectivity index (χ2n) is 3.65. The number of hydrogen-bond acceptors (Lipinski definition) is 4. The first-order valence-electron chi connectivity index (χ1n) is 5.55. The summed E-state index contributed by atoms with van der Waals surface area (Å²) in [6.45, 7) is 0.133. The van der Waals surface area contributed by atoms with Crippen molar-refractivity contribution in [1.29, 1.82) is 0 Å². The minimum absolute atomic E-state index is 0.133. The quantitative estimate of drug-likeness (QED) is 0.825. The molecule has 2 rings (SSSR count). The van der Waals surface area contributed by atoms with E-state index in [1.54, 1.807) is 0 Å². The molecule has 0 aliphatic heterocycles. The summed E-state index contributed by atoms with van der Waals surface area (Å²) in [7, 11) is 0. The van der Waals surface area contributed by atoms with Gasteiger partial charge >= 0.3 is 6.09 Å². The number of amides is 2. The molecule has 2 aromatic rings. The standard InChI is InChI=1S/C13H12N2O4/c16-12(11-6-7-18-9-11)14-15-13(17)19-8-10-4-2-1-3-5-10/h1-7,9H,8H2,(H,14,16)(H,15,17). The lowest BCUT2D eigenvalue weighted by molar-refractivity contribution is 0.0904. The molecule has 98 valence electrons.